The van der Waals surface area contributed by atoms with E-state index >= 15 is 0 Å². The number of hydrogen-bond donors (Lipinski definition) is 1. The van der Waals surface area contributed by atoms with E-state index in [2.05, 4.69) is 28.4 Å². The average molecular weight is 279 g/mol. The number of aromatic amines is 1. The van der Waals surface area contributed by atoms with Crippen LogP contribution in [0.4, 0.5) is 0 Å². The van der Waals surface area contributed by atoms with Crippen LogP contribution >= 0.6 is 0 Å². The summed E-state index contributed by atoms with van der Waals surface area (Å²) in [4.78, 5) is 12.6. The summed E-state index contributed by atoms with van der Waals surface area (Å²) < 4.78 is 0. The van der Waals surface area contributed by atoms with Gasteiger partial charge in [0.25, 0.3) is 0 Å². The highest BCUT2D eigenvalue weighted by molar-refractivity contribution is 6.09. The van der Waals surface area contributed by atoms with Crippen molar-refractivity contribution in [1.82, 2.24) is 15.4 Å². The Hall–Kier alpha value is -1.97. The largest absolute Gasteiger partial charge is 0.294 e. The lowest BCUT2D eigenvalue weighted by molar-refractivity contribution is -0.119. The molecule has 1 N–H and O–H groups in total. The number of allylic oxidation sites excluding steroid dienone is 2. The number of Topliss-reactive ketones (excluding diaryl/α,β-unsaturated/α-hetero) is 1. The van der Waals surface area contributed by atoms with E-state index in [-0.39, 0.29) is 11.3 Å². The predicted octanol–water partition coefficient (Wildman–Crippen LogP) is 3.22. The highest BCUT2D eigenvalue weighted by Crippen LogP contribution is 2.67. The summed E-state index contributed by atoms with van der Waals surface area (Å²) in [6.45, 7) is 4.34. The van der Waals surface area contributed by atoms with Crippen molar-refractivity contribution in [3.63, 3.8) is 0 Å². The van der Waals surface area contributed by atoms with Gasteiger partial charge in [-0.3, -0.25) is 9.89 Å². The molecule has 106 valence electrons. The zero-order valence-corrected chi connectivity index (χ0v) is 12.2. The van der Waals surface area contributed by atoms with Crippen molar-refractivity contribution < 1.29 is 4.79 Å². The third-order valence-electron chi connectivity index (χ3n) is 6.23. The van der Waals surface area contributed by atoms with Gasteiger partial charge in [0.15, 0.2) is 5.78 Å². The molecule has 1 heterocycles. The fourth-order valence-corrected chi connectivity index (χ4v) is 5.28. The van der Waals surface area contributed by atoms with E-state index in [4.69, 9.17) is 0 Å². The monoisotopic (exact) mass is 279 g/mol. The number of H-pyrrole nitrogens is 1. The summed E-state index contributed by atoms with van der Waals surface area (Å²) in [7, 11) is 0. The molecule has 1 fully saturated rings. The standard InChI is InChI=1S/C17H17N3O/c1-8-14-11-3-4-12-15(19-20-18-12)13(11)9(2)17(14)6-5-10(7-17)16(8)21/h3-4,9-10H,5-7H2,1-2H3,(H,18,19,20). The van der Waals surface area contributed by atoms with Crippen LogP contribution in [0.1, 0.15) is 50.2 Å². The van der Waals surface area contributed by atoms with Gasteiger partial charge in [-0.15, -0.1) is 5.10 Å². The first-order valence-electron chi connectivity index (χ1n) is 7.73. The van der Waals surface area contributed by atoms with Crippen molar-refractivity contribution in [2.45, 2.75) is 39.0 Å². The molecule has 1 spiro atoms. The van der Waals surface area contributed by atoms with Crippen LogP contribution in [0.15, 0.2) is 17.7 Å². The summed E-state index contributed by atoms with van der Waals surface area (Å²) in [6.07, 6.45) is 3.19. The third kappa shape index (κ3) is 1.13. The van der Waals surface area contributed by atoms with E-state index in [9.17, 15) is 4.79 Å². The number of rotatable bonds is 0. The molecule has 3 atom stereocenters. The lowest BCUT2D eigenvalue weighted by Gasteiger charge is -2.35. The van der Waals surface area contributed by atoms with Crippen LogP contribution in [0.2, 0.25) is 0 Å². The lowest BCUT2D eigenvalue weighted by Crippen LogP contribution is -2.28. The van der Waals surface area contributed by atoms with Gasteiger partial charge in [-0.1, -0.05) is 18.2 Å². The van der Waals surface area contributed by atoms with E-state index in [1.54, 1.807) is 0 Å². The maximum atomic E-state index is 12.6. The fourth-order valence-electron chi connectivity index (χ4n) is 5.28. The average Bonchev–Trinajstić information content (AvgIpc) is 3.15. The normalized spacial score (nSPS) is 33.7. The molecule has 1 aromatic carbocycles. The van der Waals surface area contributed by atoms with Gasteiger partial charge < -0.3 is 0 Å². The number of nitrogens with zero attached hydrogens (tertiary/aromatic N) is 2. The number of benzene rings is 1. The SMILES string of the molecule is CC1=C2c3ccc4[nH]nnc4c3C(C)C23CCC(C3)C1=O. The fraction of sp³-hybridized carbons (Fsp3) is 0.471. The first-order chi connectivity index (χ1) is 10.1. The summed E-state index contributed by atoms with van der Waals surface area (Å²) in [5, 5.41) is 11.2. The summed E-state index contributed by atoms with van der Waals surface area (Å²) in [6, 6.07) is 4.21. The molecule has 2 bridgehead atoms. The highest BCUT2D eigenvalue weighted by atomic mass is 16.1. The maximum absolute atomic E-state index is 12.6. The van der Waals surface area contributed by atoms with Crippen LogP contribution in [0.25, 0.3) is 16.6 Å². The Morgan fingerprint density at radius 3 is 3.10 bits per heavy atom. The Morgan fingerprint density at radius 1 is 1.38 bits per heavy atom. The van der Waals surface area contributed by atoms with Gasteiger partial charge in [-0.25, -0.2) is 0 Å². The number of carbonyl (C=O) groups is 1. The third-order valence-corrected chi connectivity index (χ3v) is 6.23. The summed E-state index contributed by atoms with van der Waals surface area (Å²) in [5.74, 6) is 1.04. The molecule has 4 nitrogen and oxygen atoms in total. The molecule has 4 heteroatoms. The molecule has 5 rings (SSSR count). The minimum Gasteiger partial charge on any atom is -0.294 e. The van der Waals surface area contributed by atoms with Gasteiger partial charge >= 0.3 is 0 Å². The van der Waals surface area contributed by atoms with Crippen LogP contribution in [0.3, 0.4) is 0 Å². The van der Waals surface area contributed by atoms with Crippen LogP contribution < -0.4 is 0 Å². The Balaban J connectivity index is 1.92. The first kappa shape index (κ1) is 11.7. The van der Waals surface area contributed by atoms with Crippen molar-refractivity contribution in [2.24, 2.45) is 11.3 Å². The molecule has 3 aliphatic carbocycles. The van der Waals surface area contributed by atoms with Gasteiger partial charge in [0.05, 0.1) is 5.52 Å². The van der Waals surface area contributed by atoms with Gasteiger partial charge in [-0.2, -0.15) is 0 Å². The number of hydrogen-bond acceptors (Lipinski definition) is 3. The molecular weight excluding hydrogens is 262 g/mol. The topological polar surface area (TPSA) is 58.6 Å². The number of nitrogens with one attached hydrogen (secondary N) is 1. The Kier molecular flexibility index (Phi) is 1.91. The molecule has 0 aliphatic heterocycles. The second kappa shape index (κ2) is 3.43. The zero-order chi connectivity index (χ0) is 14.4. The van der Waals surface area contributed by atoms with E-state index < -0.39 is 0 Å². The van der Waals surface area contributed by atoms with Gasteiger partial charge in [0.2, 0.25) is 0 Å². The summed E-state index contributed by atoms with van der Waals surface area (Å²) in [5.41, 5.74) is 7.00. The molecular formula is C17H17N3O. The summed E-state index contributed by atoms with van der Waals surface area (Å²) >= 11 is 0. The van der Waals surface area contributed by atoms with Crippen molar-refractivity contribution in [2.75, 3.05) is 0 Å². The molecule has 3 aliphatic rings. The van der Waals surface area contributed by atoms with Crippen LogP contribution in [0.5, 0.6) is 0 Å². The molecule has 1 saturated carbocycles. The lowest BCUT2D eigenvalue weighted by atomic mass is 9.67. The van der Waals surface area contributed by atoms with Crippen LogP contribution in [-0.4, -0.2) is 21.2 Å². The van der Waals surface area contributed by atoms with Gasteiger partial charge in [0.1, 0.15) is 5.52 Å². The van der Waals surface area contributed by atoms with Crippen molar-refractivity contribution >= 4 is 22.4 Å². The maximum Gasteiger partial charge on any atom is 0.161 e. The van der Waals surface area contributed by atoms with Gasteiger partial charge in [0, 0.05) is 11.3 Å². The van der Waals surface area contributed by atoms with Crippen LogP contribution in [-0.2, 0) is 4.79 Å². The Bertz CT molecular complexity index is 847. The highest BCUT2D eigenvalue weighted by Gasteiger charge is 2.57. The number of ketones is 1. The minimum absolute atomic E-state index is 0.165. The number of fused-ring (bicyclic) bond motifs is 5. The molecule has 21 heavy (non-hydrogen) atoms. The Labute approximate surface area is 122 Å². The minimum atomic E-state index is 0.165. The van der Waals surface area contributed by atoms with Crippen molar-refractivity contribution in [3.8, 4) is 0 Å². The molecule has 0 radical (unpaired) electrons. The molecule has 2 aromatic rings. The second-order valence-electron chi connectivity index (χ2n) is 6.92. The van der Waals surface area contributed by atoms with E-state index in [0.717, 1.165) is 35.9 Å². The van der Waals surface area contributed by atoms with Crippen molar-refractivity contribution in [3.05, 3.63) is 28.8 Å². The molecule has 3 unspecified atom stereocenters. The second-order valence-corrected chi connectivity index (χ2v) is 6.92. The molecule has 0 amide bonds. The predicted molar refractivity (Wildman–Crippen MR) is 79.7 cm³/mol. The number of aromatic nitrogens is 3. The number of carbonyl (C=O) groups excluding carboxylic acids is 1. The Morgan fingerprint density at radius 2 is 2.24 bits per heavy atom. The molecule has 1 aromatic heterocycles. The smallest absolute Gasteiger partial charge is 0.161 e. The van der Waals surface area contributed by atoms with Crippen LogP contribution in [0, 0.1) is 11.3 Å². The van der Waals surface area contributed by atoms with Gasteiger partial charge in [-0.05, 0) is 60.4 Å². The first-order valence-corrected chi connectivity index (χ1v) is 7.73. The quantitative estimate of drug-likeness (QED) is 0.805. The van der Waals surface area contributed by atoms with Crippen molar-refractivity contribution in [1.29, 1.82) is 0 Å². The van der Waals surface area contributed by atoms with E-state index in [0.29, 0.717) is 11.7 Å². The zero-order valence-electron chi connectivity index (χ0n) is 12.2. The van der Waals surface area contributed by atoms with E-state index in [1.807, 2.05) is 13.0 Å². The van der Waals surface area contributed by atoms with E-state index in [1.165, 1.54) is 16.7 Å². The molecule has 0 saturated heterocycles.